The Morgan fingerprint density at radius 2 is 1.42 bits per heavy atom. The minimum atomic E-state index is -1.19. The van der Waals surface area contributed by atoms with Crippen LogP contribution in [-0.4, -0.2) is 99.7 Å². The summed E-state index contributed by atoms with van der Waals surface area (Å²) in [6, 6.07) is 0. The second-order valence-corrected chi connectivity index (χ2v) is 9.95. The number of hydrogen-bond donors (Lipinski definition) is 5. The smallest absolute Gasteiger partial charge is 0.308 e. The molecule has 1 aliphatic heterocycles. The van der Waals surface area contributed by atoms with Gasteiger partial charge in [0.05, 0.1) is 43.9 Å². The first kappa shape index (κ1) is 32.7. The van der Waals surface area contributed by atoms with Gasteiger partial charge in [0.2, 0.25) is 0 Å². The number of carbonyl (C=O) groups excluding carboxylic acids is 2. The molecule has 0 spiro atoms. The van der Waals surface area contributed by atoms with Gasteiger partial charge >= 0.3 is 11.9 Å². The van der Waals surface area contributed by atoms with E-state index in [9.17, 15) is 35.1 Å². The molecule has 1 fully saturated rings. The van der Waals surface area contributed by atoms with Gasteiger partial charge in [-0.05, 0) is 18.8 Å². The van der Waals surface area contributed by atoms with Crippen molar-refractivity contribution in [3.8, 4) is 0 Å². The van der Waals surface area contributed by atoms with Crippen LogP contribution in [0, 0.1) is 11.8 Å². The van der Waals surface area contributed by atoms with Gasteiger partial charge in [-0.25, -0.2) is 0 Å². The van der Waals surface area contributed by atoms with Crippen LogP contribution in [0.2, 0.25) is 0 Å². The summed E-state index contributed by atoms with van der Waals surface area (Å²) in [6.07, 6.45) is -6.51. The first-order chi connectivity index (χ1) is 16.9. The van der Waals surface area contributed by atoms with E-state index in [1.165, 1.54) is 6.92 Å². The fourth-order valence-corrected chi connectivity index (χ4v) is 3.79. The molecule has 0 bridgehead atoms. The number of aliphatic hydroxyl groups excluding tert-OH is 5. The van der Waals surface area contributed by atoms with Crippen molar-refractivity contribution < 1.29 is 54.1 Å². The zero-order valence-corrected chi connectivity index (χ0v) is 22.1. The second-order valence-electron chi connectivity index (χ2n) is 9.95. The van der Waals surface area contributed by atoms with Crippen LogP contribution in [0.3, 0.4) is 0 Å². The van der Waals surface area contributed by atoms with Crippen molar-refractivity contribution in [3.63, 3.8) is 0 Å². The zero-order chi connectivity index (χ0) is 27.4. The third-order valence-electron chi connectivity index (χ3n) is 6.55. The molecule has 36 heavy (non-hydrogen) atoms. The van der Waals surface area contributed by atoms with Gasteiger partial charge in [0.25, 0.3) is 0 Å². The van der Waals surface area contributed by atoms with E-state index < -0.39 is 61.0 Å². The monoisotopic (exact) mass is 522 g/mol. The topological polar surface area (TPSA) is 172 Å². The number of rotatable bonds is 17. The predicted molar refractivity (Wildman–Crippen MR) is 129 cm³/mol. The van der Waals surface area contributed by atoms with Crippen molar-refractivity contribution in [1.82, 2.24) is 0 Å². The van der Waals surface area contributed by atoms with Crippen LogP contribution in [0.1, 0.15) is 73.1 Å². The van der Waals surface area contributed by atoms with Crippen LogP contribution >= 0.6 is 0 Å². The number of esters is 2. The van der Waals surface area contributed by atoms with Crippen molar-refractivity contribution >= 4 is 11.9 Å². The molecule has 1 saturated heterocycles. The molecule has 1 heterocycles. The second kappa shape index (κ2) is 16.5. The lowest BCUT2D eigenvalue weighted by atomic mass is 9.94. The van der Waals surface area contributed by atoms with Gasteiger partial charge in [-0.2, -0.15) is 0 Å². The normalized spacial score (nSPS) is 25.9. The maximum absolute atomic E-state index is 12.6. The Bertz CT molecular complexity index is 643. The summed E-state index contributed by atoms with van der Waals surface area (Å²) < 4.78 is 21.5. The Balaban J connectivity index is 2.64. The number of ether oxygens (including phenoxy) is 4. The minimum absolute atomic E-state index is 0.0131. The van der Waals surface area contributed by atoms with Crippen LogP contribution < -0.4 is 0 Å². The molecule has 212 valence electrons. The van der Waals surface area contributed by atoms with Gasteiger partial charge in [0.15, 0.2) is 6.29 Å². The molecule has 0 aliphatic carbocycles. The van der Waals surface area contributed by atoms with E-state index in [0.717, 1.165) is 6.42 Å². The summed E-state index contributed by atoms with van der Waals surface area (Å²) in [7, 11) is 0. The first-order valence-electron chi connectivity index (χ1n) is 12.9. The first-order valence-corrected chi connectivity index (χ1v) is 12.9. The van der Waals surface area contributed by atoms with Crippen molar-refractivity contribution in [2.24, 2.45) is 11.8 Å². The summed E-state index contributed by atoms with van der Waals surface area (Å²) in [5.41, 5.74) is 0. The lowest BCUT2D eigenvalue weighted by Crippen LogP contribution is -2.38. The van der Waals surface area contributed by atoms with E-state index in [1.54, 1.807) is 0 Å². The molecule has 1 aliphatic rings. The van der Waals surface area contributed by atoms with E-state index >= 15 is 0 Å². The third-order valence-corrected chi connectivity index (χ3v) is 6.55. The molecule has 11 nitrogen and oxygen atoms in total. The molecule has 0 unspecified atom stereocenters. The van der Waals surface area contributed by atoms with Crippen molar-refractivity contribution in [2.45, 2.75) is 122 Å². The minimum Gasteiger partial charge on any atom is -0.463 e. The molecule has 0 aromatic heterocycles. The van der Waals surface area contributed by atoms with E-state index in [1.807, 2.05) is 27.7 Å². The van der Waals surface area contributed by atoms with Gasteiger partial charge in [-0.1, -0.05) is 40.5 Å². The summed E-state index contributed by atoms with van der Waals surface area (Å²) in [5.74, 6) is -1.42. The maximum Gasteiger partial charge on any atom is 0.308 e. The summed E-state index contributed by atoms with van der Waals surface area (Å²) >= 11 is 0. The van der Waals surface area contributed by atoms with E-state index in [2.05, 4.69) is 0 Å². The average molecular weight is 523 g/mol. The molecular weight excluding hydrogens is 476 g/mol. The largest absolute Gasteiger partial charge is 0.463 e. The lowest BCUT2D eigenvalue weighted by Gasteiger charge is -2.30. The molecule has 0 aromatic rings. The highest BCUT2D eigenvalue weighted by molar-refractivity contribution is 5.70. The highest BCUT2D eigenvalue weighted by Crippen LogP contribution is 2.25. The molecule has 10 atom stereocenters. The molecule has 0 radical (unpaired) electrons. The Morgan fingerprint density at radius 3 is 1.92 bits per heavy atom. The molecule has 11 heteroatoms. The van der Waals surface area contributed by atoms with Crippen LogP contribution in [0.15, 0.2) is 0 Å². The lowest BCUT2D eigenvalue weighted by molar-refractivity contribution is -0.196. The van der Waals surface area contributed by atoms with Crippen molar-refractivity contribution in [1.29, 1.82) is 0 Å². The van der Waals surface area contributed by atoms with Crippen LogP contribution in [0.25, 0.3) is 0 Å². The third kappa shape index (κ3) is 11.8. The number of carbonyl (C=O) groups is 2. The van der Waals surface area contributed by atoms with Gasteiger partial charge in [-0.3, -0.25) is 9.59 Å². The Kier molecular flexibility index (Phi) is 15.0. The highest BCUT2D eigenvalue weighted by atomic mass is 16.7. The van der Waals surface area contributed by atoms with Crippen molar-refractivity contribution in [3.05, 3.63) is 0 Å². The number of aliphatic hydroxyl groups is 5. The molecular formula is C25H46O11. The van der Waals surface area contributed by atoms with Gasteiger partial charge in [0.1, 0.15) is 24.9 Å². The van der Waals surface area contributed by atoms with Gasteiger partial charge in [-0.15, -0.1) is 0 Å². The summed E-state index contributed by atoms with van der Waals surface area (Å²) in [6.45, 7) is 8.90. The Labute approximate surface area is 213 Å². The molecule has 0 aromatic carbocycles. The maximum atomic E-state index is 12.6. The zero-order valence-electron chi connectivity index (χ0n) is 22.1. The highest BCUT2D eigenvalue weighted by Gasteiger charge is 2.38. The van der Waals surface area contributed by atoms with Crippen LogP contribution in [0.5, 0.6) is 0 Å². The Hall–Kier alpha value is -1.34. The van der Waals surface area contributed by atoms with Gasteiger partial charge in [0, 0.05) is 12.8 Å². The standard InChI is InChI=1S/C25H46O11/c1-6-14(3)20(8-17(27)10-22(30)33-12-16(5)26)35-23(31)11-18(28)9-21(15(4)7-2)36-25-24(32)19(29)13-34-25/h14-21,24-29,32H,6-13H2,1-5H3/t14-,15-,16+,17-,18-,19-,20-,21-,24+,25-/m0/s1. The Morgan fingerprint density at radius 1 is 0.889 bits per heavy atom. The molecule has 1 rings (SSSR count). The molecule has 5 N–H and O–H groups in total. The quantitative estimate of drug-likeness (QED) is 0.170. The fraction of sp³-hybridized carbons (Fsp3) is 0.920. The van der Waals surface area contributed by atoms with Crippen molar-refractivity contribution in [2.75, 3.05) is 13.2 Å². The average Bonchev–Trinajstić information content (AvgIpc) is 3.12. The molecule has 0 amide bonds. The number of hydrogen-bond acceptors (Lipinski definition) is 11. The SMILES string of the molecule is CC[C@H](C)[C@H](C[C@H](O)CC(=O)OC[C@@H](C)O)OC(=O)C[C@@H](O)C[C@H](O[C@@H]1OC[C@H](O)[C@H]1O)[C@@H](C)CC. The van der Waals surface area contributed by atoms with E-state index in [-0.39, 0.29) is 50.7 Å². The summed E-state index contributed by atoms with van der Waals surface area (Å²) in [5, 5.41) is 49.7. The van der Waals surface area contributed by atoms with Gasteiger partial charge < -0.3 is 44.5 Å². The fourth-order valence-electron chi connectivity index (χ4n) is 3.79. The summed E-state index contributed by atoms with van der Waals surface area (Å²) in [4.78, 5) is 24.4. The predicted octanol–water partition coefficient (Wildman–Crippen LogP) is 0.660. The van der Waals surface area contributed by atoms with Crippen LogP contribution in [0.4, 0.5) is 0 Å². The van der Waals surface area contributed by atoms with E-state index in [0.29, 0.717) is 6.42 Å². The molecule has 0 saturated carbocycles. The van der Waals surface area contributed by atoms with Crippen LogP contribution in [-0.2, 0) is 28.5 Å². The van der Waals surface area contributed by atoms with E-state index in [4.69, 9.17) is 18.9 Å².